The molecule has 1 heterocycles. The van der Waals surface area contributed by atoms with E-state index in [9.17, 15) is 4.79 Å². The molecule has 0 radical (unpaired) electrons. The summed E-state index contributed by atoms with van der Waals surface area (Å²) < 4.78 is 5.67. The molecule has 0 spiro atoms. The number of benzene rings is 1. The van der Waals surface area contributed by atoms with Gasteiger partial charge in [0.2, 0.25) is 5.88 Å². The van der Waals surface area contributed by atoms with Gasteiger partial charge in [0.25, 0.3) is 5.91 Å². The highest BCUT2D eigenvalue weighted by Gasteiger charge is 2.13. The van der Waals surface area contributed by atoms with Gasteiger partial charge in [-0.05, 0) is 42.2 Å². The number of aromatic nitrogens is 1. The molecule has 0 aliphatic rings. The van der Waals surface area contributed by atoms with Gasteiger partial charge >= 0.3 is 0 Å². The number of amides is 1. The van der Waals surface area contributed by atoms with E-state index in [0.717, 1.165) is 5.56 Å². The predicted molar refractivity (Wildman–Crippen MR) is 82.5 cm³/mol. The van der Waals surface area contributed by atoms with Gasteiger partial charge in [0.1, 0.15) is 11.3 Å². The second-order valence-corrected chi connectivity index (χ2v) is 5.26. The van der Waals surface area contributed by atoms with Gasteiger partial charge in [0.15, 0.2) is 0 Å². The molecule has 0 fully saturated rings. The molecule has 2 rings (SSSR count). The summed E-state index contributed by atoms with van der Waals surface area (Å²) >= 11 is 0. The summed E-state index contributed by atoms with van der Waals surface area (Å²) in [5.74, 6) is 0.584. The van der Waals surface area contributed by atoms with Gasteiger partial charge in [-0.15, -0.1) is 0 Å². The maximum Gasteiger partial charge on any atom is 0.254 e. The molecule has 4 N–H and O–H groups in total. The van der Waals surface area contributed by atoms with Crippen LogP contribution in [0.1, 0.15) is 41.3 Å². The highest BCUT2D eigenvalue weighted by atomic mass is 16.5. The van der Waals surface area contributed by atoms with Crippen molar-refractivity contribution in [3.05, 3.63) is 47.2 Å². The Labute approximate surface area is 123 Å². The quantitative estimate of drug-likeness (QED) is 0.903. The summed E-state index contributed by atoms with van der Waals surface area (Å²) in [6.07, 6.45) is 1.43. The lowest BCUT2D eigenvalue weighted by Gasteiger charge is -2.13. The fourth-order valence-corrected chi connectivity index (χ4v) is 2.20. The van der Waals surface area contributed by atoms with Crippen molar-refractivity contribution in [1.29, 1.82) is 0 Å². The van der Waals surface area contributed by atoms with Gasteiger partial charge in [-0.1, -0.05) is 19.9 Å². The number of rotatable bonds is 4. The molecule has 1 aromatic carbocycles. The van der Waals surface area contributed by atoms with Crippen LogP contribution in [0.25, 0.3) is 0 Å². The summed E-state index contributed by atoms with van der Waals surface area (Å²) in [5, 5.41) is 0. The molecule has 5 nitrogen and oxygen atoms in total. The Morgan fingerprint density at radius 2 is 2.00 bits per heavy atom. The highest BCUT2D eigenvalue weighted by Crippen LogP contribution is 2.28. The number of hydrogen-bond acceptors (Lipinski definition) is 4. The van der Waals surface area contributed by atoms with Crippen molar-refractivity contribution in [3.8, 4) is 11.6 Å². The molecule has 0 atom stereocenters. The van der Waals surface area contributed by atoms with Crippen LogP contribution in [0.3, 0.4) is 0 Å². The zero-order valence-electron chi connectivity index (χ0n) is 12.4. The molecule has 0 unspecified atom stereocenters. The zero-order valence-corrected chi connectivity index (χ0v) is 12.4. The molecule has 5 heteroatoms. The molecule has 0 saturated heterocycles. The lowest BCUT2D eigenvalue weighted by atomic mass is 9.98. The molecule has 1 amide bonds. The summed E-state index contributed by atoms with van der Waals surface area (Å²) in [4.78, 5) is 15.5. The minimum absolute atomic E-state index is 0.161. The Morgan fingerprint density at radius 3 is 2.57 bits per heavy atom. The minimum atomic E-state index is -0.625. The third-order valence-corrected chi connectivity index (χ3v) is 3.22. The van der Waals surface area contributed by atoms with Gasteiger partial charge in [-0.3, -0.25) is 4.79 Å². The van der Waals surface area contributed by atoms with Crippen LogP contribution >= 0.6 is 0 Å². The Morgan fingerprint density at radius 1 is 1.29 bits per heavy atom. The lowest BCUT2D eigenvalue weighted by Crippen LogP contribution is -2.13. The maximum absolute atomic E-state index is 11.4. The molecule has 2 aromatic rings. The Balaban J connectivity index is 2.35. The predicted octanol–water partition coefficient (Wildman–Crippen LogP) is 2.99. The van der Waals surface area contributed by atoms with Gasteiger partial charge < -0.3 is 16.2 Å². The molecular formula is C16H19N3O2. The van der Waals surface area contributed by atoms with E-state index in [1.165, 1.54) is 17.8 Å². The SMILES string of the molecule is Cc1cc(Oc2ncc(N)cc2C(N)=O)ccc1C(C)C. The fraction of sp³-hybridized carbons (Fsp3) is 0.250. The molecule has 0 bridgehead atoms. The van der Waals surface area contributed by atoms with E-state index in [1.807, 2.05) is 25.1 Å². The summed E-state index contributed by atoms with van der Waals surface area (Å²) in [7, 11) is 0. The minimum Gasteiger partial charge on any atom is -0.438 e. The average Bonchev–Trinajstić information content (AvgIpc) is 2.40. The first-order chi connectivity index (χ1) is 9.88. The van der Waals surface area contributed by atoms with Crippen molar-refractivity contribution in [2.75, 3.05) is 5.73 Å². The van der Waals surface area contributed by atoms with E-state index < -0.39 is 5.91 Å². The van der Waals surface area contributed by atoms with Crippen molar-refractivity contribution < 1.29 is 9.53 Å². The second kappa shape index (κ2) is 5.83. The summed E-state index contributed by atoms with van der Waals surface area (Å²) in [6, 6.07) is 7.24. The fourth-order valence-electron chi connectivity index (χ4n) is 2.20. The van der Waals surface area contributed by atoms with E-state index in [-0.39, 0.29) is 11.4 Å². The van der Waals surface area contributed by atoms with Gasteiger partial charge in [-0.25, -0.2) is 4.98 Å². The number of nitrogens with zero attached hydrogens (tertiary/aromatic N) is 1. The third-order valence-electron chi connectivity index (χ3n) is 3.22. The molecule has 0 aliphatic heterocycles. The van der Waals surface area contributed by atoms with Gasteiger partial charge in [-0.2, -0.15) is 0 Å². The van der Waals surface area contributed by atoms with Crippen LogP contribution < -0.4 is 16.2 Å². The molecule has 0 saturated carbocycles. The maximum atomic E-state index is 11.4. The molecule has 21 heavy (non-hydrogen) atoms. The first-order valence-corrected chi connectivity index (χ1v) is 6.72. The normalized spacial score (nSPS) is 10.7. The number of aryl methyl sites for hydroxylation is 1. The van der Waals surface area contributed by atoms with Crippen LogP contribution in [-0.4, -0.2) is 10.9 Å². The highest BCUT2D eigenvalue weighted by molar-refractivity contribution is 5.95. The van der Waals surface area contributed by atoms with E-state index in [2.05, 4.69) is 18.8 Å². The van der Waals surface area contributed by atoms with Gasteiger partial charge in [0, 0.05) is 0 Å². The van der Waals surface area contributed by atoms with Crippen molar-refractivity contribution >= 4 is 11.6 Å². The van der Waals surface area contributed by atoms with Crippen LogP contribution in [0.5, 0.6) is 11.6 Å². The van der Waals surface area contributed by atoms with E-state index in [1.54, 1.807) is 0 Å². The number of nitrogen functional groups attached to an aromatic ring is 1. The zero-order chi connectivity index (χ0) is 15.6. The van der Waals surface area contributed by atoms with E-state index in [0.29, 0.717) is 17.4 Å². The van der Waals surface area contributed by atoms with Crippen molar-refractivity contribution in [3.63, 3.8) is 0 Å². The largest absolute Gasteiger partial charge is 0.438 e. The molecular weight excluding hydrogens is 266 g/mol. The number of primary amides is 1. The average molecular weight is 285 g/mol. The number of ether oxygens (including phenoxy) is 1. The molecule has 1 aromatic heterocycles. The topological polar surface area (TPSA) is 91.2 Å². The summed E-state index contributed by atoms with van der Waals surface area (Å²) in [6.45, 7) is 6.29. The standard InChI is InChI=1S/C16H19N3O2/c1-9(2)13-5-4-12(6-10(13)3)21-16-14(15(18)20)7-11(17)8-19-16/h4-9H,17H2,1-3H3,(H2,18,20). The van der Waals surface area contributed by atoms with Crippen LogP contribution in [0.2, 0.25) is 0 Å². The first kappa shape index (κ1) is 14.8. The van der Waals surface area contributed by atoms with Crippen LogP contribution in [-0.2, 0) is 0 Å². The molecule has 0 aliphatic carbocycles. The van der Waals surface area contributed by atoms with Crippen LogP contribution in [0, 0.1) is 6.92 Å². The smallest absolute Gasteiger partial charge is 0.254 e. The van der Waals surface area contributed by atoms with Crippen molar-refractivity contribution in [2.24, 2.45) is 5.73 Å². The number of carbonyl (C=O) groups excluding carboxylic acids is 1. The van der Waals surface area contributed by atoms with E-state index in [4.69, 9.17) is 16.2 Å². The monoisotopic (exact) mass is 285 g/mol. The number of nitrogens with two attached hydrogens (primary N) is 2. The Kier molecular flexibility index (Phi) is 4.12. The third kappa shape index (κ3) is 3.31. The number of pyridine rings is 1. The number of anilines is 1. The lowest BCUT2D eigenvalue weighted by molar-refractivity contribution is 0.0997. The Bertz CT molecular complexity index is 681. The van der Waals surface area contributed by atoms with Crippen molar-refractivity contribution in [1.82, 2.24) is 4.98 Å². The second-order valence-electron chi connectivity index (χ2n) is 5.26. The van der Waals surface area contributed by atoms with E-state index >= 15 is 0 Å². The molecule has 110 valence electrons. The first-order valence-electron chi connectivity index (χ1n) is 6.72. The number of hydrogen-bond donors (Lipinski definition) is 2. The van der Waals surface area contributed by atoms with Crippen molar-refractivity contribution in [2.45, 2.75) is 26.7 Å². The van der Waals surface area contributed by atoms with Gasteiger partial charge in [0.05, 0.1) is 11.9 Å². The Hall–Kier alpha value is -2.56. The van der Waals surface area contributed by atoms with Crippen LogP contribution in [0.15, 0.2) is 30.5 Å². The van der Waals surface area contributed by atoms with Crippen LogP contribution in [0.4, 0.5) is 5.69 Å². The number of carbonyl (C=O) groups is 1. The summed E-state index contributed by atoms with van der Waals surface area (Å²) in [5.41, 5.74) is 13.8.